The molecule has 0 fully saturated rings. The van der Waals surface area contributed by atoms with Crippen molar-refractivity contribution in [1.82, 2.24) is 0 Å². The topological polar surface area (TPSA) is 26.3 Å². The van der Waals surface area contributed by atoms with Gasteiger partial charge < -0.3 is 4.74 Å². The molecule has 2 nitrogen and oxygen atoms in total. The third-order valence-electron chi connectivity index (χ3n) is 1.59. The highest BCUT2D eigenvalue weighted by Crippen LogP contribution is 2.21. The number of benzene rings is 1. The Hall–Kier alpha value is -1.02. The van der Waals surface area contributed by atoms with Gasteiger partial charge in [-0.25, -0.2) is 0 Å². The van der Waals surface area contributed by atoms with Crippen LogP contribution in [0.5, 0.6) is 5.75 Å². The first-order valence-corrected chi connectivity index (χ1v) is 4.36. The summed E-state index contributed by atoms with van der Waals surface area (Å²) >= 11 is 5.86. The van der Waals surface area contributed by atoms with Crippen molar-refractivity contribution in [1.29, 1.82) is 0 Å². The summed E-state index contributed by atoms with van der Waals surface area (Å²) in [6.45, 7) is 3.49. The molecule has 1 aromatic carbocycles. The zero-order chi connectivity index (χ0) is 9.84. The van der Waals surface area contributed by atoms with Gasteiger partial charge >= 0.3 is 0 Å². The second-order valence-corrected chi connectivity index (χ2v) is 3.31. The highest BCUT2D eigenvalue weighted by atomic mass is 35.5. The summed E-state index contributed by atoms with van der Waals surface area (Å²) in [5, 5.41) is 0.654. The normalized spacial score (nSPS) is 9.77. The van der Waals surface area contributed by atoms with Crippen LogP contribution in [0.2, 0.25) is 5.02 Å². The van der Waals surface area contributed by atoms with E-state index in [4.69, 9.17) is 16.3 Å². The molecular formula is C10H11ClO2. The average Bonchev–Trinajstić information content (AvgIpc) is 2.07. The van der Waals surface area contributed by atoms with E-state index in [9.17, 15) is 4.79 Å². The second kappa shape index (κ2) is 4.28. The molecule has 0 aliphatic heterocycles. The highest BCUT2D eigenvalue weighted by Gasteiger charge is 1.99. The number of hydrogen-bond acceptors (Lipinski definition) is 2. The van der Waals surface area contributed by atoms with Crippen molar-refractivity contribution < 1.29 is 9.53 Å². The molecule has 0 aromatic heterocycles. The second-order valence-electron chi connectivity index (χ2n) is 2.90. The van der Waals surface area contributed by atoms with Gasteiger partial charge in [0, 0.05) is 5.02 Å². The van der Waals surface area contributed by atoms with Crippen molar-refractivity contribution in [2.45, 2.75) is 13.8 Å². The van der Waals surface area contributed by atoms with E-state index in [1.54, 1.807) is 12.1 Å². The Bertz CT molecular complexity index is 321. The van der Waals surface area contributed by atoms with Crippen molar-refractivity contribution in [2.24, 2.45) is 0 Å². The number of Topliss-reactive ketones (excluding diaryl/α,β-unsaturated/α-hetero) is 1. The molecule has 0 heterocycles. The molecule has 0 N–H and O–H groups in total. The lowest BCUT2D eigenvalue weighted by Gasteiger charge is -2.04. The molecule has 0 unspecified atom stereocenters. The third kappa shape index (κ3) is 3.07. The van der Waals surface area contributed by atoms with Gasteiger partial charge in [0.05, 0.1) is 0 Å². The highest BCUT2D eigenvalue weighted by molar-refractivity contribution is 6.31. The summed E-state index contributed by atoms with van der Waals surface area (Å²) in [4.78, 5) is 10.6. The summed E-state index contributed by atoms with van der Waals surface area (Å²) < 4.78 is 5.17. The van der Waals surface area contributed by atoms with Crippen molar-refractivity contribution >= 4 is 17.4 Å². The molecule has 70 valence electrons. The number of ketones is 1. The molecule has 0 saturated carbocycles. The predicted molar refractivity (Wildman–Crippen MR) is 52.4 cm³/mol. The van der Waals surface area contributed by atoms with E-state index in [1.807, 2.05) is 13.0 Å². The molecule has 0 bridgehead atoms. The molecular weight excluding hydrogens is 188 g/mol. The van der Waals surface area contributed by atoms with Gasteiger partial charge in [0.25, 0.3) is 0 Å². The molecule has 0 aliphatic rings. The molecule has 13 heavy (non-hydrogen) atoms. The van der Waals surface area contributed by atoms with E-state index < -0.39 is 0 Å². The van der Waals surface area contributed by atoms with Crippen LogP contribution in [-0.4, -0.2) is 12.4 Å². The molecule has 0 amide bonds. The summed E-state index contributed by atoms with van der Waals surface area (Å²) in [6, 6.07) is 5.36. The minimum absolute atomic E-state index is 0.00306. The number of carbonyl (C=O) groups excluding carboxylic acids is 1. The fourth-order valence-electron chi connectivity index (χ4n) is 0.848. The van der Waals surface area contributed by atoms with E-state index in [0.29, 0.717) is 10.8 Å². The van der Waals surface area contributed by atoms with Crippen molar-refractivity contribution in [2.75, 3.05) is 6.61 Å². The quantitative estimate of drug-likeness (QED) is 0.747. The van der Waals surface area contributed by atoms with E-state index in [0.717, 1.165) is 5.56 Å². The van der Waals surface area contributed by atoms with Gasteiger partial charge in [-0.1, -0.05) is 17.7 Å². The van der Waals surface area contributed by atoms with E-state index >= 15 is 0 Å². The van der Waals surface area contributed by atoms with Crippen molar-refractivity contribution in [3.63, 3.8) is 0 Å². The molecule has 0 atom stereocenters. The van der Waals surface area contributed by atoms with Gasteiger partial charge in [-0.3, -0.25) is 4.79 Å². The maximum absolute atomic E-state index is 10.6. The molecule has 0 saturated heterocycles. The smallest absolute Gasteiger partial charge is 0.167 e. The summed E-state index contributed by atoms with van der Waals surface area (Å²) in [7, 11) is 0. The van der Waals surface area contributed by atoms with Crippen molar-refractivity contribution in [3.8, 4) is 5.75 Å². The van der Waals surface area contributed by atoms with Crippen LogP contribution in [0.3, 0.4) is 0 Å². The monoisotopic (exact) mass is 198 g/mol. The Morgan fingerprint density at radius 2 is 2.23 bits per heavy atom. The van der Waals surface area contributed by atoms with Gasteiger partial charge in [-0.05, 0) is 31.5 Å². The minimum atomic E-state index is -0.00306. The molecule has 0 spiro atoms. The largest absolute Gasteiger partial charge is 0.486 e. The first kappa shape index (κ1) is 10.1. The van der Waals surface area contributed by atoms with Gasteiger partial charge in [-0.2, -0.15) is 0 Å². The van der Waals surface area contributed by atoms with Crippen LogP contribution < -0.4 is 4.74 Å². The van der Waals surface area contributed by atoms with E-state index in [-0.39, 0.29) is 12.4 Å². The Labute approximate surface area is 82.5 Å². The fraction of sp³-hybridized carbons (Fsp3) is 0.300. The number of halogens is 1. The van der Waals surface area contributed by atoms with Crippen LogP contribution in [0.25, 0.3) is 0 Å². The number of rotatable bonds is 3. The lowest BCUT2D eigenvalue weighted by molar-refractivity contribution is -0.118. The van der Waals surface area contributed by atoms with Gasteiger partial charge in [0.15, 0.2) is 5.78 Å². The minimum Gasteiger partial charge on any atom is -0.486 e. The molecule has 0 aliphatic carbocycles. The maximum atomic E-state index is 10.6. The van der Waals surface area contributed by atoms with Crippen LogP contribution >= 0.6 is 11.6 Å². The van der Waals surface area contributed by atoms with Crippen LogP contribution in [0, 0.1) is 6.92 Å². The molecule has 1 aromatic rings. The van der Waals surface area contributed by atoms with Crippen LogP contribution in [0.15, 0.2) is 18.2 Å². The van der Waals surface area contributed by atoms with Crippen molar-refractivity contribution in [3.05, 3.63) is 28.8 Å². The Morgan fingerprint density at radius 1 is 1.54 bits per heavy atom. The number of carbonyl (C=O) groups is 1. The Kier molecular flexibility index (Phi) is 3.32. The van der Waals surface area contributed by atoms with Crippen LogP contribution in [-0.2, 0) is 4.79 Å². The standard InChI is InChI=1S/C10H11ClO2/c1-7-3-4-9(5-10(7)11)13-6-8(2)12/h3-5H,6H2,1-2H3. The zero-order valence-electron chi connectivity index (χ0n) is 7.63. The molecule has 0 radical (unpaired) electrons. The predicted octanol–water partition coefficient (Wildman–Crippen LogP) is 2.62. The average molecular weight is 199 g/mol. The third-order valence-corrected chi connectivity index (χ3v) is 1.99. The zero-order valence-corrected chi connectivity index (χ0v) is 8.39. The summed E-state index contributed by atoms with van der Waals surface area (Å²) in [5.41, 5.74) is 0.997. The first-order chi connectivity index (χ1) is 6.09. The molecule has 3 heteroatoms. The van der Waals surface area contributed by atoms with Gasteiger partial charge in [-0.15, -0.1) is 0 Å². The summed E-state index contributed by atoms with van der Waals surface area (Å²) in [5.74, 6) is 0.627. The Balaban J connectivity index is 2.68. The van der Waals surface area contributed by atoms with E-state index in [1.165, 1.54) is 6.92 Å². The van der Waals surface area contributed by atoms with Crippen LogP contribution in [0.1, 0.15) is 12.5 Å². The van der Waals surface area contributed by atoms with Gasteiger partial charge in [0.1, 0.15) is 12.4 Å². The number of aryl methyl sites for hydroxylation is 1. The maximum Gasteiger partial charge on any atom is 0.167 e. The van der Waals surface area contributed by atoms with Crippen LogP contribution in [0.4, 0.5) is 0 Å². The SMILES string of the molecule is CC(=O)COc1ccc(C)c(Cl)c1. The molecule has 1 rings (SSSR count). The summed E-state index contributed by atoms with van der Waals surface area (Å²) in [6.07, 6.45) is 0. The number of ether oxygens (including phenoxy) is 1. The van der Waals surface area contributed by atoms with E-state index in [2.05, 4.69) is 0 Å². The first-order valence-electron chi connectivity index (χ1n) is 3.98. The fourth-order valence-corrected chi connectivity index (χ4v) is 1.02. The number of hydrogen-bond donors (Lipinski definition) is 0. The van der Waals surface area contributed by atoms with Gasteiger partial charge in [0.2, 0.25) is 0 Å². The Morgan fingerprint density at radius 3 is 2.77 bits per heavy atom. The lowest BCUT2D eigenvalue weighted by atomic mass is 10.2. The lowest BCUT2D eigenvalue weighted by Crippen LogP contribution is -2.06.